The maximum atomic E-state index is 5.63. The fourth-order valence-corrected chi connectivity index (χ4v) is 4.58. The smallest absolute Gasteiger partial charge is 0.188 e. The first-order valence-electron chi connectivity index (χ1n) is 8.97. The Balaban J connectivity index is 1.59. The molecule has 0 spiro atoms. The second kappa shape index (κ2) is 6.25. The number of hydrogen-bond acceptors (Lipinski definition) is 6. The van der Waals surface area contributed by atoms with E-state index in [-0.39, 0.29) is 0 Å². The number of H-pyrrole nitrogens is 1. The molecule has 1 aromatic carbocycles. The van der Waals surface area contributed by atoms with Gasteiger partial charge in [-0.2, -0.15) is 5.10 Å². The lowest BCUT2D eigenvalue weighted by Gasteiger charge is -2.08. The third kappa shape index (κ3) is 2.59. The minimum absolute atomic E-state index is 0.641. The molecule has 26 heavy (non-hydrogen) atoms. The summed E-state index contributed by atoms with van der Waals surface area (Å²) in [6.45, 7) is 2.62. The molecule has 1 aliphatic carbocycles. The molecule has 0 radical (unpaired) electrons. The molecule has 0 saturated heterocycles. The quantitative estimate of drug-likeness (QED) is 0.553. The fourth-order valence-electron chi connectivity index (χ4n) is 3.53. The van der Waals surface area contributed by atoms with Gasteiger partial charge in [-0.3, -0.25) is 5.10 Å². The molecule has 3 heterocycles. The van der Waals surface area contributed by atoms with Crippen LogP contribution in [0.25, 0.3) is 21.8 Å². The molecule has 7 heteroatoms. The fraction of sp³-hybridized carbons (Fsp3) is 0.316. The Kier molecular flexibility index (Phi) is 3.74. The second-order valence-electron chi connectivity index (χ2n) is 6.45. The zero-order valence-electron chi connectivity index (χ0n) is 14.5. The maximum Gasteiger partial charge on any atom is 0.188 e. The summed E-state index contributed by atoms with van der Waals surface area (Å²) in [6, 6.07) is 5.97. The Bertz CT molecular complexity index is 1080. The van der Waals surface area contributed by atoms with Gasteiger partial charge < -0.3 is 10.1 Å². The number of aryl methyl sites for hydroxylation is 2. The minimum atomic E-state index is 0.641. The van der Waals surface area contributed by atoms with Gasteiger partial charge in [0, 0.05) is 15.6 Å². The van der Waals surface area contributed by atoms with Crippen LogP contribution in [0.1, 0.15) is 30.3 Å². The number of benzene rings is 1. The predicted octanol–water partition coefficient (Wildman–Crippen LogP) is 4.59. The molecule has 0 atom stereocenters. The molecule has 0 fully saturated rings. The van der Waals surface area contributed by atoms with E-state index < -0.39 is 0 Å². The molecular formula is C19H19N5OS. The average Bonchev–Trinajstić information content (AvgIpc) is 3.29. The number of hydrogen-bond donors (Lipinski definition) is 2. The van der Waals surface area contributed by atoms with Crippen molar-refractivity contribution >= 4 is 44.1 Å². The van der Waals surface area contributed by atoms with Crippen molar-refractivity contribution in [3.05, 3.63) is 35.0 Å². The van der Waals surface area contributed by atoms with E-state index in [1.165, 1.54) is 23.4 Å². The topological polar surface area (TPSA) is 75.7 Å². The van der Waals surface area contributed by atoms with Gasteiger partial charge in [0.05, 0.1) is 24.0 Å². The first-order chi connectivity index (χ1) is 12.8. The van der Waals surface area contributed by atoms with Crippen LogP contribution in [-0.2, 0) is 12.8 Å². The van der Waals surface area contributed by atoms with Crippen molar-refractivity contribution in [2.24, 2.45) is 0 Å². The highest BCUT2D eigenvalue weighted by Crippen LogP contribution is 2.34. The zero-order chi connectivity index (χ0) is 17.5. The summed E-state index contributed by atoms with van der Waals surface area (Å²) in [6.07, 6.45) is 6.55. The summed E-state index contributed by atoms with van der Waals surface area (Å²) in [7, 11) is 0. The van der Waals surface area contributed by atoms with Crippen LogP contribution in [0.4, 0.5) is 10.9 Å². The summed E-state index contributed by atoms with van der Waals surface area (Å²) in [5.74, 6) is 1.61. The van der Waals surface area contributed by atoms with E-state index in [1.807, 2.05) is 31.3 Å². The molecule has 5 rings (SSSR count). The number of aromatic nitrogens is 4. The Morgan fingerprint density at radius 2 is 2.12 bits per heavy atom. The highest BCUT2D eigenvalue weighted by atomic mass is 32.1. The minimum Gasteiger partial charge on any atom is -0.494 e. The summed E-state index contributed by atoms with van der Waals surface area (Å²) >= 11 is 1.74. The van der Waals surface area contributed by atoms with E-state index in [9.17, 15) is 0 Å². The summed E-state index contributed by atoms with van der Waals surface area (Å²) in [5, 5.41) is 13.7. The Hall–Kier alpha value is -2.67. The monoisotopic (exact) mass is 365 g/mol. The van der Waals surface area contributed by atoms with Crippen molar-refractivity contribution in [3.63, 3.8) is 0 Å². The van der Waals surface area contributed by atoms with Gasteiger partial charge in [0.2, 0.25) is 0 Å². The molecule has 6 nitrogen and oxygen atoms in total. The van der Waals surface area contributed by atoms with E-state index in [0.717, 1.165) is 51.3 Å². The normalized spacial score (nSPS) is 13.9. The van der Waals surface area contributed by atoms with Gasteiger partial charge >= 0.3 is 0 Å². The van der Waals surface area contributed by atoms with Gasteiger partial charge in [-0.1, -0.05) is 0 Å². The van der Waals surface area contributed by atoms with Crippen LogP contribution < -0.4 is 10.1 Å². The summed E-state index contributed by atoms with van der Waals surface area (Å²) < 4.78 is 5.63. The molecule has 4 aromatic rings. The van der Waals surface area contributed by atoms with Crippen LogP contribution in [0.15, 0.2) is 24.4 Å². The van der Waals surface area contributed by atoms with Crippen LogP contribution in [0.5, 0.6) is 5.75 Å². The summed E-state index contributed by atoms with van der Waals surface area (Å²) in [5.41, 5.74) is 3.04. The van der Waals surface area contributed by atoms with Crippen molar-refractivity contribution in [1.82, 2.24) is 20.2 Å². The highest BCUT2D eigenvalue weighted by Gasteiger charge is 2.17. The lowest BCUT2D eigenvalue weighted by Crippen LogP contribution is -1.99. The number of aromatic amines is 1. The van der Waals surface area contributed by atoms with Crippen molar-refractivity contribution < 1.29 is 4.74 Å². The lowest BCUT2D eigenvalue weighted by atomic mass is 10.0. The molecule has 0 unspecified atom stereocenters. The number of pyridine rings is 1. The molecule has 0 amide bonds. The van der Waals surface area contributed by atoms with E-state index >= 15 is 0 Å². The first kappa shape index (κ1) is 15.6. The SMILES string of the molecule is CCOc1ccc2nc(Nc3nc4c(s3)CCCC4)c3[nH]ncc3c2c1. The van der Waals surface area contributed by atoms with Crippen molar-refractivity contribution in [1.29, 1.82) is 0 Å². The first-order valence-corrected chi connectivity index (χ1v) is 9.78. The number of nitrogens with one attached hydrogen (secondary N) is 2. The van der Waals surface area contributed by atoms with Crippen molar-refractivity contribution in [2.75, 3.05) is 11.9 Å². The molecule has 0 saturated carbocycles. The van der Waals surface area contributed by atoms with Crippen LogP contribution >= 0.6 is 11.3 Å². The molecule has 0 bridgehead atoms. The maximum absolute atomic E-state index is 5.63. The Morgan fingerprint density at radius 1 is 1.19 bits per heavy atom. The van der Waals surface area contributed by atoms with Gasteiger partial charge in [-0.25, -0.2) is 9.97 Å². The molecule has 132 valence electrons. The van der Waals surface area contributed by atoms with E-state index in [0.29, 0.717) is 6.61 Å². The third-order valence-electron chi connectivity index (χ3n) is 4.75. The Morgan fingerprint density at radius 3 is 3.00 bits per heavy atom. The number of fused-ring (bicyclic) bond motifs is 4. The molecule has 3 aromatic heterocycles. The number of nitrogens with zero attached hydrogens (tertiary/aromatic N) is 3. The van der Waals surface area contributed by atoms with Gasteiger partial charge in [0.1, 0.15) is 11.3 Å². The molecular weight excluding hydrogens is 346 g/mol. The average molecular weight is 365 g/mol. The molecule has 2 N–H and O–H groups in total. The largest absolute Gasteiger partial charge is 0.494 e. The van der Waals surface area contributed by atoms with Gasteiger partial charge in [-0.15, -0.1) is 11.3 Å². The van der Waals surface area contributed by atoms with Gasteiger partial charge in [-0.05, 0) is 50.8 Å². The highest BCUT2D eigenvalue weighted by molar-refractivity contribution is 7.15. The predicted molar refractivity (Wildman–Crippen MR) is 105 cm³/mol. The lowest BCUT2D eigenvalue weighted by molar-refractivity contribution is 0.341. The van der Waals surface area contributed by atoms with Crippen LogP contribution in [0.3, 0.4) is 0 Å². The number of thiazole rings is 1. The van der Waals surface area contributed by atoms with Crippen molar-refractivity contribution in [2.45, 2.75) is 32.6 Å². The molecule has 0 aliphatic heterocycles. The third-order valence-corrected chi connectivity index (χ3v) is 5.82. The molecule has 1 aliphatic rings. The number of anilines is 2. The van der Waals surface area contributed by atoms with E-state index in [1.54, 1.807) is 11.3 Å². The van der Waals surface area contributed by atoms with Gasteiger partial charge in [0.15, 0.2) is 10.9 Å². The second-order valence-corrected chi connectivity index (χ2v) is 7.54. The van der Waals surface area contributed by atoms with Gasteiger partial charge in [0.25, 0.3) is 0 Å². The van der Waals surface area contributed by atoms with Crippen LogP contribution in [0.2, 0.25) is 0 Å². The number of ether oxygens (including phenoxy) is 1. The van der Waals surface area contributed by atoms with Crippen LogP contribution in [0, 0.1) is 0 Å². The summed E-state index contributed by atoms with van der Waals surface area (Å²) in [4.78, 5) is 11.0. The van der Waals surface area contributed by atoms with E-state index in [4.69, 9.17) is 14.7 Å². The Labute approximate surface area is 154 Å². The standard InChI is InChI=1S/C19H19N5OS/c1-2-25-11-7-8-14-12(9-11)13-10-20-24-17(13)18(21-14)23-19-22-15-5-3-4-6-16(15)26-19/h7-10H,2-6H2,1H3,(H,20,24)(H,21,22,23). The zero-order valence-corrected chi connectivity index (χ0v) is 15.3. The number of rotatable bonds is 4. The van der Waals surface area contributed by atoms with E-state index in [2.05, 4.69) is 15.5 Å². The van der Waals surface area contributed by atoms with Crippen LogP contribution in [-0.4, -0.2) is 26.8 Å². The van der Waals surface area contributed by atoms with Crippen molar-refractivity contribution in [3.8, 4) is 5.75 Å².